The molecule has 2 heterocycles. The van der Waals surface area contributed by atoms with Gasteiger partial charge in [-0.25, -0.2) is 0 Å². The second-order valence-electron chi connectivity index (χ2n) is 6.67. The van der Waals surface area contributed by atoms with Crippen LogP contribution in [0.25, 0.3) is 0 Å². The second kappa shape index (κ2) is 6.24. The minimum atomic E-state index is -4.58. The summed E-state index contributed by atoms with van der Waals surface area (Å²) in [4.78, 5) is 15.1. The van der Waals surface area contributed by atoms with Crippen molar-refractivity contribution in [1.29, 1.82) is 0 Å². The number of fused-ring (bicyclic) bond motifs is 1. The van der Waals surface area contributed by atoms with Gasteiger partial charge in [-0.1, -0.05) is 24.3 Å². The molecule has 27 heavy (non-hydrogen) atoms. The summed E-state index contributed by atoms with van der Waals surface area (Å²) in [5.41, 5.74) is -1.61. The summed E-state index contributed by atoms with van der Waals surface area (Å²) in [6.45, 7) is 2.26. The van der Waals surface area contributed by atoms with Crippen LogP contribution >= 0.6 is 0 Å². The van der Waals surface area contributed by atoms with Gasteiger partial charge in [0.1, 0.15) is 5.75 Å². The minimum Gasteiger partial charge on any atom is -0.508 e. The number of rotatable bonds is 2. The average Bonchev–Trinajstić information content (AvgIpc) is 2.95. The molecular formula is C19H18F3N3O2. The van der Waals surface area contributed by atoms with E-state index >= 15 is 0 Å². The summed E-state index contributed by atoms with van der Waals surface area (Å²) in [5, 5.41) is 15.3. The maximum Gasteiger partial charge on any atom is 0.418 e. The van der Waals surface area contributed by atoms with Crippen molar-refractivity contribution in [2.45, 2.75) is 11.7 Å². The SMILES string of the molecule is O=C1Nc2c(C(F)(F)F)cccc2C1(c1ccc(O)cc1)N1CCNCC1. The molecule has 0 saturated carbocycles. The smallest absolute Gasteiger partial charge is 0.418 e. The Kier molecular flexibility index (Phi) is 4.12. The molecule has 8 heteroatoms. The third-order valence-corrected chi connectivity index (χ3v) is 5.20. The van der Waals surface area contributed by atoms with E-state index in [1.54, 1.807) is 18.2 Å². The molecule has 2 aliphatic heterocycles. The van der Waals surface area contributed by atoms with Crippen LogP contribution in [0.3, 0.4) is 0 Å². The topological polar surface area (TPSA) is 64.6 Å². The Morgan fingerprint density at radius 3 is 2.33 bits per heavy atom. The third-order valence-electron chi connectivity index (χ3n) is 5.20. The number of aromatic hydroxyl groups is 1. The van der Waals surface area contributed by atoms with E-state index in [0.29, 0.717) is 31.7 Å². The van der Waals surface area contributed by atoms with Crippen LogP contribution in [0.4, 0.5) is 18.9 Å². The number of alkyl halides is 3. The molecule has 0 aliphatic carbocycles. The van der Waals surface area contributed by atoms with Crippen LogP contribution in [0.2, 0.25) is 0 Å². The molecular weight excluding hydrogens is 359 g/mol. The van der Waals surface area contributed by atoms with E-state index in [-0.39, 0.29) is 17.0 Å². The molecule has 2 aliphatic rings. The van der Waals surface area contributed by atoms with Crippen molar-refractivity contribution < 1.29 is 23.1 Å². The van der Waals surface area contributed by atoms with Crippen molar-refractivity contribution >= 4 is 11.6 Å². The molecule has 4 rings (SSSR count). The van der Waals surface area contributed by atoms with Crippen molar-refractivity contribution in [3.8, 4) is 5.75 Å². The highest BCUT2D eigenvalue weighted by molar-refractivity contribution is 6.09. The first-order valence-corrected chi connectivity index (χ1v) is 8.62. The zero-order valence-electron chi connectivity index (χ0n) is 14.3. The number of carbonyl (C=O) groups excluding carboxylic acids is 1. The van der Waals surface area contributed by atoms with Crippen LogP contribution in [0.15, 0.2) is 42.5 Å². The number of para-hydroxylation sites is 1. The normalized spacial score (nSPS) is 23.1. The Labute approximate surface area is 153 Å². The zero-order chi connectivity index (χ0) is 19.2. The first-order valence-electron chi connectivity index (χ1n) is 8.62. The Balaban J connectivity index is 1.98. The molecule has 1 fully saturated rings. The van der Waals surface area contributed by atoms with Gasteiger partial charge >= 0.3 is 6.18 Å². The van der Waals surface area contributed by atoms with Gasteiger partial charge in [-0.2, -0.15) is 13.2 Å². The van der Waals surface area contributed by atoms with Gasteiger partial charge in [0.05, 0.1) is 11.3 Å². The average molecular weight is 377 g/mol. The molecule has 0 bridgehead atoms. The van der Waals surface area contributed by atoms with E-state index in [1.165, 1.54) is 18.2 Å². The van der Waals surface area contributed by atoms with E-state index in [2.05, 4.69) is 10.6 Å². The monoisotopic (exact) mass is 377 g/mol. The van der Waals surface area contributed by atoms with Crippen LogP contribution in [-0.2, 0) is 16.5 Å². The summed E-state index contributed by atoms with van der Waals surface area (Å²) in [6, 6.07) is 9.94. The summed E-state index contributed by atoms with van der Waals surface area (Å²) in [5.74, 6) is -0.487. The number of phenols is 1. The third kappa shape index (κ3) is 2.67. The van der Waals surface area contributed by atoms with Crippen LogP contribution in [-0.4, -0.2) is 42.1 Å². The van der Waals surface area contributed by atoms with E-state index in [1.807, 2.05) is 4.90 Å². The molecule has 3 N–H and O–H groups in total. The molecule has 142 valence electrons. The molecule has 1 saturated heterocycles. The van der Waals surface area contributed by atoms with Gasteiger partial charge < -0.3 is 15.7 Å². The van der Waals surface area contributed by atoms with E-state index in [0.717, 1.165) is 6.07 Å². The van der Waals surface area contributed by atoms with Crippen molar-refractivity contribution in [2.75, 3.05) is 31.5 Å². The standard InChI is InChI=1S/C19H18F3N3O2/c20-19(21,22)15-3-1-2-14-16(15)24-17(27)18(14,25-10-8-23-9-11-25)12-4-6-13(26)7-5-12/h1-7,23,26H,8-11H2,(H,24,27). The number of anilines is 1. The summed E-state index contributed by atoms with van der Waals surface area (Å²) in [6.07, 6.45) is -4.58. The zero-order valence-corrected chi connectivity index (χ0v) is 14.3. The first-order chi connectivity index (χ1) is 12.8. The van der Waals surface area contributed by atoms with Gasteiger partial charge in [0, 0.05) is 31.7 Å². The predicted molar refractivity (Wildman–Crippen MR) is 93.4 cm³/mol. The largest absolute Gasteiger partial charge is 0.508 e. The fraction of sp³-hybridized carbons (Fsp3) is 0.316. The number of hydrogen-bond donors (Lipinski definition) is 3. The molecule has 5 nitrogen and oxygen atoms in total. The van der Waals surface area contributed by atoms with Crippen LogP contribution in [0, 0.1) is 0 Å². The molecule has 1 atom stereocenters. The van der Waals surface area contributed by atoms with Crippen molar-refractivity contribution in [3.63, 3.8) is 0 Å². The van der Waals surface area contributed by atoms with E-state index in [9.17, 15) is 23.1 Å². The maximum atomic E-state index is 13.5. The second-order valence-corrected chi connectivity index (χ2v) is 6.67. The van der Waals surface area contributed by atoms with Crippen LogP contribution < -0.4 is 10.6 Å². The number of halogens is 3. The molecule has 2 aromatic carbocycles. The Morgan fingerprint density at radius 1 is 1.04 bits per heavy atom. The van der Waals surface area contributed by atoms with Gasteiger partial charge in [0.2, 0.25) is 0 Å². The maximum absolute atomic E-state index is 13.5. The highest BCUT2D eigenvalue weighted by Crippen LogP contribution is 2.49. The highest BCUT2D eigenvalue weighted by atomic mass is 19.4. The molecule has 0 aromatic heterocycles. The van der Waals surface area contributed by atoms with Crippen molar-refractivity contribution in [3.05, 3.63) is 59.2 Å². The molecule has 0 spiro atoms. The Morgan fingerprint density at radius 2 is 1.70 bits per heavy atom. The van der Waals surface area contributed by atoms with Crippen molar-refractivity contribution in [1.82, 2.24) is 10.2 Å². The molecule has 2 aromatic rings. The number of piperazine rings is 1. The summed E-state index contributed by atoms with van der Waals surface area (Å²) in [7, 11) is 0. The quantitative estimate of drug-likeness (QED) is 0.753. The summed E-state index contributed by atoms with van der Waals surface area (Å²) < 4.78 is 40.5. The molecule has 1 unspecified atom stereocenters. The fourth-order valence-corrected chi connectivity index (χ4v) is 4.04. The first kappa shape index (κ1) is 17.8. The summed E-state index contributed by atoms with van der Waals surface area (Å²) >= 11 is 0. The Hall–Kier alpha value is -2.58. The van der Waals surface area contributed by atoms with Gasteiger partial charge in [-0.05, 0) is 23.8 Å². The number of carbonyl (C=O) groups is 1. The number of hydrogen-bond acceptors (Lipinski definition) is 4. The lowest BCUT2D eigenvalue weighted by Crippen LogP contribution is -2.58. The van der Waals surface area contributed by atoms with E-state index < -0.39 is 23.2 Å². The minimum absolute atomic E-state index is 0.0249. The van der Waals surface area contributed by atoms with Gasteiger partial charge in [0.25, 0.3) is 5.91 Å². The highest BCUT2D eigenvalue weighted by Gasteiger charge is 2.54. The van der Waals surface area contributed by atoms with Gasteiger partial charge in [0.15, 0.2) is 5.54 Å². The number of nitrogens with one attached hydrogen (secondary N) is 2. The van der Waals surface area contributed by atoms with Gasteiger partial charge in [-0.3, -0.25) is 9.69 Å². The number of amides is 1. The van der Waals surface area contributed by atoms with Crippen molar-refractivity contribution in [2.24, 2.45) is 0 Å². The lowest BCUT2D eigenvalue weighted by Gasteiger charge is -2.42. The number of phenolic OH excluding ortho intramolecular Hbond substituents is 1. The van der Waals surface area contributed by atoms with Gasteiger partial charge in [-0.15, -0.1) is 0 Å². The Bertz CT molecular complexity index is 877. The van der Waals surface area contributed by atoms with Crippen LogP contribution in [0.5, 0.6) is 5.75 Å². The van der Waals surface area contributed by atoms with Crippen LogP contribution in [0.1, 0.15) is 16.7 Å². The lowest BCUT2D eigenvalue weighted by molar-refractivity contribution is -0.136. The fourth-order valence-electron chi connectivity index (χ4n) is 4.04. The number of benzene rings is 2. The lowest BCUT2D eigenvalue weighted by atomic mass is 9.81. The van der Waals surface area contributed by atoms with E-state index in [4.69, 9.17) is 0 Å². The predicted octanol–water partition coefficient (Wildman–Crippen LogP) is 2.51. The molecule has 0 radical (unpaired) electrons. The molecule has 1 amide bonds. The number of nitrogens with zero attached hydrogens (tertiary/aromatic N) is 1.